The first kappa shape index (κ1) is 12.9. The first-order valence-corrected chi connectivity index (χ1v) is 6.85. The summed E-state index contributed by atoms with van der Waals surface area (Å²) in [7, 11) is 3.97. The highest BCUT2D eigenvalue weighted by Gasteiger charge is 2.09. The van der Waals surface area contributed by atoms with E-state index in [9.17, 15) is 0 Å². The number of fused-ring (bicyclic) bond motifs is 1. The molecule has 0 bridgehead atoms. The van der Waals surface area contributed by atoms with E-state index in [1.807, 2.05) is 26.5 Å². The minimum Gasteiger partial charge on any atom is -0.338 e. The second-order valence-electron chi connectivity index (χ2n) is 4.92. The molecule has 3 aromatic rings. The number of nitrogens with zero attached hydrogens (tertiary/aromatic N) is 4. The van der Waals surface area contributed by atoms with Gasteiger partial charge in [-0.2, -0.15) is 5.10 Å². The van der Waals surface area contributed by atoms with Crippen LogP contribution < -0.4 is 5.32 Å². The summed E-state index contributed by atoms with van der Waals surface area (Å²) in [6.45, 7) is 1.63. The van der Waals surface area contributed by atoms with Crippen LogP contribution in [0.25, 0.3) is 10.9 Å². The number of hydrogen-bond donors (Lipinski definition) is 1. The zero-order chi connectivity index (χ0) is 13.9. The first-order valence-electron chi connectivity index (χ1n) is 6.85. The normalized spacial score (nSPS) is 11.3. The van der Waals surface area contributed by atoms with Crippen LogP contribution in [0.5, 0.6) is 0 Å². The fraction of sp³-hybridized carbons (Fsp3) is 0.333. The van der Waals surface area contributed by atoms with Crippen molar-refractivity contribution in [2.75, 3.05) is 7.05 Å². The number of para-hydroxylation sites is 1. The van der Waals surface area contributed by atoms with Crippen molar-refractivity contribution in [3.05, 3.63) is 48.2 Å². The lowest BCUT2D eigenvalue weighted by Crippen LogP contribution is -2.09. The van der Waals surface area contributed by atoms with Crippen molar-refractivity contribution in [1.29, 1.82) is 0 Å². The molecule has 5 nitrogen and oxygen atoms in total. The monoisotopic (exact) mass is 269 g/mol. The molecule has 1 N–H and O–H groups in total. The summed E-state index contributed by atoms with van der Waals surface area (Å²) in [4.78, 5) is 4.36. The molecule has 0 spiro atoms. The third-order valence-electron chi connectivity index (χ3n) is 3.55. The van der Waals surface area contributed by atoms with Crippen molar-refractivity contribution in [3.63, 3.8) is 0 Å². The zero-order valence-electron chi connectivity index (χ0n) is 11.9. The molecular weight excluding hydrogens is 250 g/mol. The van der Waals surface area contributed by atoms with Gasteiger partial charge in [0, 0.05) is 44.3 Å². The molecular formula is C15H19N5. The maximum absolute atomic E-state index is 4.73. The zero-order valence-corrected chi connectivity index (χ0v) is 11.9. The number of aryl methyl sites for hydroxylation is 3. The number of hydrogen-bond acceptors (Lipinski definition) is 3. The van der Waals surface area contributed by atoms with Crippen molar-refractivity contribution in [2.45, 2.75) is 19.5 Å². The molecule has 0 saturated carbocycles. The smallest absolute Gasteiger partial charge is 0.110 e. The van der Waals surface area contributed by atoms with Crippen molar-refractivity contribution in [3.8, 4) is 0 Å². The van der Waals surface area contributed by atoms with E-state index < -0.39 is 0 Å². The minimum absolute atomic E-state index is 0.788. The maximum Gasteiger partial charge on any atom is 0.110 e. The average molecular weight is 269 g/mol. The summed E-state index contributed by atoms with van der Waals surface area (Å²) in [6.07, 6.45) is 4.69. The highest BCUT2D eigenvalue weighted by molar-refractivity contribution is 5.81. The van der Waals surface area contributed by atoms with Crippen molar-refractivity contribution >= 4 is 10.9 Å². The SMILES string of the molecule is CNCc1nn(CCc2nccn2C)c2ccccc12. The van der Waals surface area contributed by atoms with Crippen molar-refractivity contribution in [2.24, 2.45) is 7.05 Å². The molecule has 0 saturated heterocycles. The van der Waals surface area contributed by atoms with Gasteiger partial charge in [-0.1, -0.05) is 18.2 Å². The maximum atomic E-state index is 4.73. The Balaban J connectivity index is 1.89. The van der Waals surface area contributed by atoms with Gasteiger partial charge in [0.05, 0.1) is 11.2 Å². The van der Waals surface area contributed by atoms with Crippen LogP contribution >= 0.6 is 0 Å². The summed E-state index contributed by atoms with van der Waals surface area (Å²) in [5.41, 5.74) is 2.29. The van der Waals surface area contributed by atoms with E-state index in [1.54, 1.807) is 0 Å². The Kier molecular flexibility index (Phi) is 3.52. The van der Waals surface area contributed by atoms with Crippen LogP contribution in [0.2, 0.25) is 0 Å². The van der Waals surface area contributed by atoms with Crippen LogP contribution in [-0.2, 0) is 26.6 Å². The van der Waals surface area contributed by atoms with Gasteiger partial charge < -0.3 is 9.88 Å². The third kappa shape index (κ3) is 2.32. The molecule has 2 aromatic heterocycles. The van der Waals surface area contributed by atoms with Gasteiger partial charge in [0.15, 0.2) is 0 Å². The summed E-state index contributed by atoms with van der Waals surface area (Å²) in [5.74, 6) is 1.08. The van der Waals surface area contributed by atoms with Crippen molar-refractivity contribution < 1.29 is 0 Å². The fourth-order valence-electron chi connectivity index (χ4n) is 2.51. The molecule has 3 rings (SSSR count). The Labute approximate surface area is 118 Å². The van der Waals surface area contributed by atoms with Gasteiger partial charge in [0.25, 0.3) is 0 Å². The van der Waals surface area contributed by atoms with Gasteiger partial charge in [-0.25, -0.2) is 4.98 Å². The van der Waals surface area contributed by atoms with Crippen LogP contribution in [0, 0.1) is 0 Å². The van der Waals surface area contributed by atoms with E-state index in [-0.39, 0.29) is 0 Å². The van der Waals surface area contributed by atoms with Crippen LogP contribution in [0.4, 0.5) is 0 Å². The summed E-state index contributed by atoms with van der Waals surface area (Å²) in [6, 6.07) is 8.38. The van der Waals surface area contributed by atoms with Gasteiger partial charge in [0.2, 0.25) is 0 Å². The number of benzene rings is 1. The van der Waals surface area contributed by atoms with Crippen LogP contribution in [0.3, 0.4) is 0 Å². The summed E-state index contributed by atoms with van der Waals surface area (Å²) < 4.78 is 4.14. The van der Waals surface area contributed by atoms with Crippen LogP contribution in [-0.4, -0.2) is 26.4 Å². The summed E-state index contributed by atoms with van der Waals surface area (Å²) >= 11 is 0. The predicted octanol–water partition coefficient (Wildman–Crippen LogP) is 1.73. The molecule has 0 amide bonds. The number of aromatic nitrogens is 4. The topological polar surface area (TPSA) is 47.7 Å². The van der Waals surface area contributed by atoms with Gasteiger partial charge in [0.1, 0.15) is 5.82 Å². The van der Waals surface area contributed by atoms with Crippen LogP contribution in [0.1, 0.15) is 11.5 Å². The van der Waals surface area contributed by atoms with Crippen LogP contribution in [0.15, 0.2) is 36.7 Å². The Hall–Kier alpha value is -2.14. The second kappa shape index (κ2) is 5.46. The third-order valence-corrected chi connectivity index (χ3v) is 3.55. The average Bonchev–Trinajstić information content (AvgIpc) is 3.02. The molecule has 20 heavy (non-hydrogen) atoms. The quantitative estimate of drug-likeness (QED) is 0.767. The number of nitrogens with one attached hydrogen (secondary N) is 1. The molecule has 104 valence electrons. The standard InChI is InChI=1S/C15H19N5/c1-16-11-13-12-5-3-4-6-14(12)20(18-13)9-7-15-17-8-10-19(15)2/h3-6,8,10,16H,7,9,11H2,1-2H3. The second-order valence-corrected chi connectivity index (χ2v) is 4.92. The molecule has 5 heteroatoms. The molecule has 0 fully saturated rings. The largest absolute Gasteiger partial charge is 0.338 e. The van der Waals surface area contributed by atoms with Gasteiger partial charge in [-0.15, -0.1) is 0 Å². The Morgan fingerprint density at radius 1 is 1.25 bits per heavy atom. The molecule has 1 aromatic carbocycles. The number of rotatable bonds is 5. The molecule has 0 atom stereocenters. The fourth-order valence-corrected chi connectivity index (χ4v) is 2.51. The predicted molar refractivity (Wildman–Crippen MR) is 79.4 cm³/mol. The molecule has 0 aliphatic carbocycles. The molecule has 0 radical (unpaired) electrons. The molecule has 0 unspecified atom stereocenters. The number of imidazole rings is 1. The van der Waals surface area contributed by atoms with Crippen molar-refractivity contribution in [1.82, 2.24) is 24.6 Å². The van der Waals surface area contributed by atoms with E-state index in [0.29, 0.717) is 0 Å². The molecule has 2 heterocycles. The lowest BCUT2D eigenvalue weighted by Gasteiger charge is -2.04. The first-order chi connectivity index (χ1) is 9.79. The Morgan fingerprint density at radius 3 is 2.85 bits per heavy atom. The Bertz CT molecular complexity index is 710. The molecule has 0 aliphatic rings. The van der Waals surface area contributed by atoms with E-state index in [2.05, 4.69) is 43.8 Å². The lowest BCUT2D eigenvalue weighted by atomic mass is 10.2. The Morgan fingerprint density at radius 2 is 2.10 bits per heavy atom. The summed E-state index contributed by atoms with van der Waals surface area (Å²) in [5, 5.41) is 9.13. The van der Waals surface area contributed by atoms with E-state index in [1.165, 1.54) is 10.9 Å². The highest BCUT2D eigenvalue weighted by atomic mass is 15.3. The van der Waals surface area contributed by atoms with E-state index in [0.717, 1.165) is 31.0 Å². The van der Waals surface area contributed by atoms with Gasteiger partial charge in [-0.05, 0) is 13.1 Å². The van der Waals surface area contributed by atoms with Gasteiger partial charge in [-0.3, -0.25) is 4.68 Å². The molecule has 0 aliphatic heterocycles. The van der Waals surface area contributed by atoms with E-state index in [4.69, 9.17) is 5.10 Å². The minimum atomic E-state index is 0.788. The van der Waals surface area contributed by atoms with E-state index >= 15 is 0 Å². The van der Waals surface area contributed by atoms with Gasteiger partial charge >= 0.3 is 0 Å². The highest BCUT2D eigenvalue weighted by Crippen LogP contribution is 2.18. The lowest BCUT2D eigenvalue weighted by molar-refractivity contribution is 0.594.